The molecular weight excluding hydrogens is 280 g/mol. The van der Waals surface area contributed by atoms with Gasteiger partial charge in [0.2, 0.25) is 0 Å². The van der Waals surface area contributed by atoms with Crippen molar-refractivity contribution in [3.05, 3.63) is 0 Å². The number of rotatable bonds is 1. The van der Waals surface area contributed by atoms with E-state index in [1.165, 1.54) is 57.8 Å². The Morgan fingerprint density at radius 3 is 2.30 bits per heavy atom. The molecule has 132 valence electrons. The van der Waals surface area contributed by atoms with E-state index in [-0.39, 0.29) is 0 Å². The predicted octanol–water partition coefficient (Wildman–Crippen LogP) is 4.32. The van der Waals surface area contributed by atoms with Crippen molar-refractivity contribution < 1.29 is 0 Å². The molecule has 0 heterocycles. The molecule has 2 heteroatoms. The quantitative estimate of drug-likeness (QED) is 0.756. The van der Waals surface area contributed by atoms with Crippen LogP contribution in [0.2, 0.25) is 0 Å². The van der Waals surface area contributed by atoms with Crippen LogP contribution >= 0.6 is 0 Å². The van der Waals surface area contributed by atoms with E-state index in [0.717, 1.165) is 29.6 Å². The molecule has 4 aliphatic carbocycles. The van der Waals surface area contributed by atoms with E-state index >= 15 is 0 Å². The summed E-state index contributed by atoms with van der Waals surface area (Å²) < 4.78 is 0. The smallest absolute Gasteiger partial charge is 0.00757 e. The van der Waals surface area contributed by atoms with Crippen LogP contribution in [0.1, 0.15) is 78.6 Å². The van der Waals surface area contributed by atoms with E-state index in [1.807, 2.05) is 0 Å². The lowest BCUT2D eigenvalue weighted by atomic mass is 9.43. The molecule has 1 unspecified atom stereocenters. The van der Waals surface area contributed by atoms with E-state index in [4.69, 9.17) is 11.5 Å². The molecule has 0 aromatic rings. The van der Waals surface area contributed by atoms with E-state index in [0.29, 0.717) is 22.9 Å². The van der Waals surface area contributed by atoms with Crippen molar-refractivity contribution in [2.24, 2.45) is 51.9 Å². The summed E-state index contributed by atoms with van der Waals surface area (Å²) in [5.74, 6) is 4.30. The Kier molecular flexibility index (Phi) is 3.89. The molecule has 23 heavy (non-hydrogen) atoms. The molecule has 0 saturated heterocycles. The van der Waals surface area contributed by atoms with E-state index in [2.05, 4.69) is 20.8 Å². The van der Waals surface area contributed by atoms with Crippen molar-refractivity contribution in [2.75, 3.05) is 0 Å². The monoisotopic (exact) mass is 318 g/mol. The van der Waals surface area contributed by atoms with Gasteiger partial charge in [0.05, 0.1) is 0 Å². The summed E-state index contributed by atoms with van der Waals surface area (Å²) in [5.41, 5.74) is 14.3. The second-order valence-corrected chi connectivity index (χ2v) is 10.2. The van der Waals surface area contributed by atoms with Gasteiger partial charge in [0, 0.05) is 12.1 Å². The molecule has 9 atom stereocenters. The fraction of sp³-hybridized carbons (Fsp3) is 1.00. The summed E-state index contributed by atoms with van der Waals surface area (Å²) >= 11 is 0. The molecule has 4 rings (SSSR count). The van der Waals surface area contributed by atoms with Gasteiger partial charge < -0.3 is 11.5 Å². The average molecular weight is 319 g/mol. The lowest BCUT2D eigenvalue weighted by molar-refractivity contribution is -0.121. The minimum atomic E-state index is 0.432. The molecule has 2 nitrogen and oxygen atoms in total. The van der Waals surface area contributed by atoms with Gasteiger partial charge in [0.1, 0.15) is 0 Å². The van der Waals surface area contributed by atoms with Crippen molar-refractivity contribution in [1.82, 2.24) is 0 Å². The van der Waals surface area contributed by atoms with Gasteiger partial charge in [0.15, 0.2) is 0 Å². The van der Waals surface area contributed by atoms with Gasteiger partial charge in [-0.05, 0) is 91.8 Å². The van der Waals surface area contributed by atoms with Crippen molar-refractivity contribution >= 4 is 0 Å². The topological polar surface area (TPSA) is 52.0 Å². The summed E-state index contributed by atoms with van der Waals surface area (Å²) in [6, 6.07) is 0.866. The highest BCUT2D eigenvalue weighted by Gasteiger charge is 2.61. The highest BCUT2D eigenvalue weighted by molar-refractivity contribution is 5.12. The first-order valence-corrected chi connectivity index (χ1v) is 10.4. The van der Waals surface area contributed by atoms with Crippen LogP contribution < -0.4 is 11.5 Å². The summed E-state index contributed by atoms with van der Waals surface area (Å²) in [6.07, 6.45) is 12.2. The maximum absolute atomic E-state index is 6.86. The number of hydrogen-bond donors (Lipinski definition) is 2. The van der Waals surface area contributed by atoms with E-state index < -0.39 is 0 Å². The van der Waals surface area contributed by atoms with Crippen molar-refractivity contribution in [3.63, 3.8) is 0 Å². The Hall–Kier alpha value is -0.0800. The third-order valence-corrected chi connectivity index (χ3v) is 9.49. The Balaban J connectivity index is 1.66. The lowest BCUT2D eigenvalue weighted by Gasteiger charge is -2.62. The summed E-state index contributed by atoms with van der Waals surface area (Å²) in [6.45, 7) is 7.64. The van der Waals surface area contributed by atoms with Gasteiger partial charge in [-0.15, -0.1) is 0 Å². The molecule has 0 bridgehead atoms. The van der Waals surface area contributed by atoms with Crippen LogP contribution in [-0.4, -0.2) is 12.1 Å². The Labute approximate surface area is 143 Å². The van der Waals surface area contributed by atoms with Crippen LogP contribution in [-0.2, 0) is 0 Å². The van der Waals surface area contributed by atoms with Crippen LogP contribution in [0.3, 0.4) is 0 Å². The average Bonchev–Trinajstić information content (AvgIpc) is 2.85. The van der Waals surface area contributed by atoms with Crippen molar-refractivity contribution in [2.45, 2.75) is 90.6 Å². The standard InChI is InChI=1S/C21H38N2/c1-4-13-5-6-16-19-17(8-10-20(13,16)2)21(3)9-7-15(22)11-14(21)12-18(19)23/h13-19H,4-12,22-23H2,1-3H3/t13-,14?,15-,16-,17-,18-,19-,20+,21-/m0/s1. The highest BCUT2D eigenvalue weighted by atomic mass is 14.8. The van der Waals surface area contributed by atoms with Gasteiger partial charge in [0.25, 0.3) is 0 Å². The SMILES string of the molecule is CC[C@H]1CC[C@H]2[C@@H]3[C@@H](N)CC4C[C@@H](N)CC[C@]4(C)[C@H]3CC[C@]12C. The predicted molar refractivity (Wildman–Crippen MR) is 96.8 cm³/mol. The van der Waals surface area contributed by atoms with Gasteiger partial charge in [-0.2, -0.15) is 0 Å². The normalized spacial score (nSPS) is 59.1. The summed E-state index contributed by atoms with van der Waals surface area (Å²) in [4.78, 5) is 0. The van der Waals surface area contributed by atoms with E-state index in [9.17, 15) is 0 Å². The molecule has 0 spiro atoms. The Morgan fingerprint density at radius 1 is 0.870 bits per heavy atom. The van der Waals surface area contributed by atoms with Crippen molar-refractivity contribution in [3.8, 4) is 0 Å². The van der Waals surface area contributed by atoms with Crippen LogP contribution in [0.15, 0.2) is 0 Å². The van der Waals surface area contributed by atoms with E-state index in [1.54, 1.807) is 0 Å². The van der Waals surface area contributed by atoms with Crippen LogP contribution in [0.25, 0.3) is 0 Å². The number of nitrogens with two attached hydrogens (primary N) is 2. The maximum atomic E-state index is 6.86. The van der Waals surface area contributed by atoms with Gasteiger partial charge in [-0.3, -0.25) is 0 Å². The maximum Gasteiger partial charge on any atom is 0.00757 e. The first-order valence-electron chi connectivity index (χ1n) is 10.4. The second kappa shape index (κ2) is 5.46. The van der Waals surface area contributed by atoms with Crippen molar-refractivity contribution in [1.29, 1.82) is 0 Å². The largest absolute Gasteiger partial charge is 0.328 e. The fourth-order valence-corrected chi connectivity index (χ4v) is 8.13. The number of hydrogen-bond acceptors (Lipinski definition) is 2. The molecule has 0 radical (unpaired) electrons. The minimum absolute atomic E-state index is 0.432. The fourth-order valence-electron chi connectivity index (χ4n) is 8.13. The van der Waals surface area contributed by atoms with Gasteiger partial charge in [-0.1, -0.05) is 27.2 Å². The Bertz CT molecular complexity index is 463. The molecule has 0 aromatic heterocycles. The first kappa shape index (κ1) is 16.4. The van der Waals surface area contributed by atoms with Gasteiger partial charge in [-0.25, -0.2) is 0 Å². The molecule has 0 aliphatic heterocycles. The molecule has 0 aromatic carbocycles. The second-order valence-electron chi connectivity index (χ2n) is 10.2. The minimum Gasteiger partial charge on any atom is -0.328 e. The molecule has 4 aliphatic rings. The zero-order chi connectivity index (χ0) is 16.4. The van der Waals surface area contributed by atoms with Crippen LogP contribution in [0.4, 0.5) is 0 Å². The molecule has 4 N–H and O–H groups in total. The van der Waals surface area contributed by atoms with Crippen LogP contribution in [0, 0.1) is 40.4 Å². The molecule has 4 saturated carbocycles. The first-order chi connectivity index (χ1) is 10.9. The summed E-state index contributed by atoms with van der Waals surface area (Å²) in [7, 11) is 0. The van der Waals surface area contributed by atoms with Crippen LogP contribution in [0.5, 0.6) is 0 Å². The zero-order valence-corrected chi connectivity index (χ0v) is 15.6. The number of fused-ring (bicyclic) bond motifs is 5. The molecule has 4 fully saturated rings. The molecular formula is C21H38N2. The Morgan fingerprint density at radius 2 is 1.57 bits per heavy atom. The third kappa shape index (κ3) is 2.20. The van der Waals surface area contributed by atoms with Gasteiger partial charge >= 0.3 is 0 Å². The highest BCUT2D eigenvalue weighted by Crippen LogP contribution is 2.67. The zero-order valence-electron chi connectivity index (χ0n) is 15.6. The summed E-state index contributed by atoms with van der Waals surface area (Å²) in [5, 5.41) is 0. The molecule has 0 amide bonds. The lowest BCUT2D eigenvalue weighted by Crippen LogP contribution is -2.60. The third-order valence-electron chi connectivity index (χ3n) is 9.49.